The number of aliphatic hydroxyl groups excluding tert-OH is 2. The van der Waals surface area contributed by atoms with Crippen LogP contribution in [0.15, 0.2) is 30.3 Å². The van der Waals surface area contributed by atoms with E-state index in [-0.39, 0.29) is 6.54 Å². The second-order valence-corrected chi connectivity index (χ2v) is 3.95. The molecule has 2 rings (SSSR count). The summed E-state index contributed by atoms with van der Waals surface area (Å²) in [5.74, 6) is -1.45. The Hall–Kier alpha value is -1.72. The lowest BCUT2D eigenvalue weighted by Crippen LogP contribution is -2.34. The molecule has 5 nitrogen and oxygen atoms in total. The molecule has 1 aliphatic heterocycles. The van der Waals surface area contributed by atoms with E-state index in [0.717, 1.165) is 10.5 Å². The zero-order chi connectivity index (χ0) is 12.4. The lowest BCUT2D eigenvalue weighted by atomic mass is 10.1. The van der Waals surface area contributed by atoms with Crippen LogP contribution >= 0.6 is 0 Å². The van der Waals surface area contributed by atoms with E-state index in [1.165, 1.54) is 0 Å². The Bertz CT molecular complexity index is 411. The van der Waals surface area contributed by atoms with Crippen LogP contribution in [0.5, 0.6) is 0 Å². The molecule has 0 unspecified atom stereocenters. The van der Waals surface area contributed by atoms with Gasteiger partial charge in [0.05, 0.1) is 0 Å². The summed E-state index contributed by atoms with van der Waals surface area (Å²) in [4.78, 5) is 23.8. The van der Waals surface area contributed by atoms with Crippen LogP contribution in [-0.4, -0.2) is 45.7 Å². The quantitative estimate of drug-likeness (QED) is 0.680. The topological polar surface area (TPSA) is 77.8 Å². The van der Waals surface area contributed by atoms with E-state index in [4.69, 9.17) is 0 Å². The third kappa shape index (κ3) is 2.20. The van der Waals surface area contributed by atoms with Gasteiger partial charge in [-0.2, -0.15) is 0 Å². The molecule has 0 saturated carbocycles. The molecule has 5 heteroatoms. The number of likely N-dealkylation sites (tertiary alicyclic amines) is 1. The highest BCUT2D eigenvalue weighted by Gasteiger charge is 2.45. The Morgan fingerprint density at radius 2 is 1.53 bits per heavy atom. The van der Waals surface area contributed by atoms with Crippen molar-refractivity contribution in [1.82, 2.24) is 4.90 Å². The number of carbonyl (C=O) groups excluding carboxylic acids is 2. The predicted molar refractivity (Wildman–Crippen MR) is 58.9 cm³/mol. The van der Waals surface area contributed by atoms with Gasteiger partial charge in [0, 0.05) is 6.54 Å². The number of nitrogens with zero attached hydrogens (tertiary/aromatic N) is 1. The molecule has 0 aliphatic carbocycles. The molecule has 1 aromatic rings. The molecular formula is C12H13NO4. The molecule has 0 spiro atoms. The fraction of sp³-hybridized carbons (Fsp3) is 0.333. The van der Waals surface area contributed by atoms with Crippen molar-refractivity contribution in [2.75, 3.05) is 6.54 Å². The maximum absolute atomic E-state index is 11.4. The van der Waals surface area contributed by atoms with Gasteiger partial charge in [-0.05, 0) is 12.0 Å². The van der Waals surface area contributed by atoms with E-state index in [9.17, 15) is 19.8 Å². The molecule has 1 aliphatic rings. The van der Waals surface area contributed by atoms with Crippen LogP contribution in [0.4, 0.5) is 0 Å². The number of hydrogen-bond donors (Lipinski definition) is 2. The van der Waals surface area contributed by atoms with Gasteiger partial charge in [-0.15, -0.1) is 0 Å². The normalized spacial score (nSPS) is 24.5. The van der Waals surface area contributed by atoms with E-state index in [2.05, 4.69) is 0 Å². The highest BCUT2D eigenvalue weighted by atomic mass is 16.4. The van der Waals surface area contributed by atoms with Gasteiger partial charge in [0.2, 0.25) is 0 Å². The van der Waals surface area contributed by atoms with Crippen LogP contribution in [0.25, 0.3) is 0 Å². The third-order valence-electron chi connectivity index (χ3n) is 2.80. The van der Waals surface area contributed by atoms with Crippen LogP contribution < -0.4 is 0 Å². The first-order chi connectivity index (χ1) is 8.11. The summed E-state index contributed by atoms with van der Waals surface area (Å²) in [6.45, 7) is 0.176. The van der Waals surface area contributed by atoms with Crippen molar-refractivity contribution in [2.45, 2.75) is 18.6 Å². The smallest absolute Gasteiger partial charge is 0.261 e. The molecule has 0 aromatic heterocycles. The van der Waals surface area contributed by atoms with Gasteiger partial charge in [-0.3, -0.25) is 14.5 Å². The van der Waals surface area contributed by atoms with E-state index in [0.29, 0.717) is 6.42 Å². The number of amides is 2. The standard InChI is InChI=1S/C12H13NO4/c14-9-10(15)12(17)13(11(9)16)7-6-8-4-2-1-3-5-8/h1-5,9-10,14-15H,6-7H2/t9-,10-/m1/s1. The van der Waals surface area contributed by atoms with Crippen LogP contribution in [0.3, 0.4) is 0 Å². The predicted octanol–water partition coefficient (Wildman–Crippen LogP) is -0.680. The van der Waals surface area contributed by atoms with Gasteiger partial charge < -0.3 is 10.2 Å². The average Bonchev–Trinajstić information content (AvgIpc) is 2.54. The molecule has 0 bridgehead atoms. The number of hydrogen-bond acceptors (Lipinski definition) is 4. The number of carbonyl (C=O) groups is 2. The zero-order valence-corrected chi connectivity index (χ0v) is 9.11. The summed E-state index contributed by atoms with van der Waals surface area (Å²) >= 11 is 0. The Morgan fingerprint density at radius 1 is 1.00 bits per heavy atom. The second-order valence-electron chi connectivity index (χ2n) is 3.95. The molecule has 1 aromatic carbocycles. The molecular weight excluding hydrogens is 222 g/mol. The maximum atomic E-state index is 11.4. The number of benzene rings is 1. The summed E-state index contributed by atoms with van der Waals surface area (Å²) < 4.78 is 0. The third-order valence-corrected chi connectivity index (χ3v) is 2.80. The van der Waals surface area contributed by atoms with Crippen molar-refractivity contribution in [1.29, 1.82) is 0 Å². The first kappa shape index (κ1) is 11.8. The lowest BCUT2D eigenvalue weighted by molar-refractivity contribution is -0.141. The van der Waals surface area contributed by atoms with Crippen molar-refractivity contribution < 1.29 is 19.8 Å². The van der Waals surface area contributed by atoms with Gasteiger partial charge >= 0.3 is 0 Å². The molecule has 90 valence electrons. The summed E-state index contributed by atoms with van der Waals surface area (Å²) in [6.07, 6.45) is -2.71. The second kappa shape index (κ2) is 4.65. The van der Waals surface area contributed by atoms with Gasteiger partial charge in [0.25, 0.3) is 11.8 Å². The molecule has 1 heterocycles. The average molecular weight is 235 g/mol. The highest BCUT2D eigenvalue weighted by molar-refractivity contribution is 6.07. The fourth-order valence-electron chi connectivity index (χ4n) is 1.80. The molecule has 1 saturated heterocycles. The van der Waals surface area contributed by atoms with Crippen LogP contribution in [0.2, 0.25) is 0 Å². The first-order valence-corrected chi connectivity index (χ1v) is 5.36. The minimum Gasteiger partial charge on any atom is -0.380 e. The number of rotatable bonds is 3. The van der Waals surface area contributed by atoms with Crippen molar-refractivity contribution in [2.24, 2.45) is 0 Å². The minimum absolute atomic E-state index is 0.176. The molecule has 1 fully saturated rings. The Labute approximate surface area is 98.3 Å². The van der Waals surface area contributed by atoms with E-state index < -0.39 is 24.0 Å². The van der Waals surface area contributed by atoms with Crippen molar-refractivity contribution >= 4 is 11.8 Å². The summed E-state index contributed by atoms with van der Waals surface area (Å²) in [5.41, 5.74) is 0.990. The Kier molecular flexibility index (Phi) is 3.21. The molecule has 2 amide bonds. The van der Waals surface area contributed by atoms with Crippen LogP contribution in [0.1, 0.15) is 5.56 Å². The largest absolute Gasteiger partial charge is 0.380 e. The van der Waals surface area contributed by atoms with Crippen LogP contribution in [-0.2, 0) is 16.0 Å². The van der Waals surface area contributed by atoms with Crippen molar-refractivity contribution in [3.8, 4) is 0 Å². The highest BCUT2D eigenvalue weighted by Crippen LogP contribution is 2.14. The monoisotopic (exact) mass is 235 g/mol. The van der Waals surface area contributed by atoms with E-state index in [1.54, 1.807) is 0 Å². The van der Waals surface area contributed by atoms with Crippen molar-refractivity contribution in [3.63, 3.8) is 0 Å². The SMILES string of the molecule is O=C1[C@H](O)[C@@H](O)C(=O)N1CCc1ccccc1. The number of imide groups is 1. The molecule has 2 atom stereocenters. The summed E-state index contributed by atoms with van der Waals surface area (Å²) in [7, 11) is 0. The maximum Gasteiger partial charge on any atom is 0.261 e. The molecule has 0 radical (unpaired) electrons. The van der Waals surface area contributed by atoms with E-state index in [1.807, 2.05) is 30.3 Å². The van der Waals surface area contributed by atoms with Crippen LogP contribution in [0, 0.1) is 0 Å². The summed E-state index contributed by atoms with van der Waals surface area (Å²) in [5, 5.41) is 18.5. The van der Waals surface area contributed by atoms with Gasteiger partial charge in [-0.1, -0.05) is 30.3 Å². The van der Waals surface area contributed by atoms with E-state index >= 15 is 0 Å². The lowest BCUT2D eigenvalue weighted by Gasteiger charge is -2.13. The molecule has 2 N–H and O–H groups in total. The fourth-order valence-corrected chi connectivity index (χ4v) is 1.80. The van der Waals surface area contributed by atoms with Gasteiger partial charge in [0.1, 0.15) is 0 Å². The minimum atomic E-state index is -1.61. The summed E-state index contributed by atoms with van der Waals surface area (Å²) in [6, 6.07) is 9.39. The zero-order valence-electron chi connectivity index (χ0n) is 9.11. The molecule has 17 heavy (non-hydrogen) atoms. The Balaban J connectivity index is 2.01. The Morgan fingerprint density at radius 3 is 2.06 bits per heavy atom. The van der Waals surface area contributed by atoms with Gasteiger partial charge in [-0.25, -0.2) is 0 Å². The number of aliphatic hydroxyl groups is 2. The van der Waals surface area contributed by atoms with Crippen molar-refractivity contribution in [3.05, 3.63) is 35.9 Å². The first-order valence-electron chi connectivity index (χ1n) is 5.36. The van der Waals surface area contributed by atoms with Gasteiger partial charge in [0.15, 0.2) is 12.2 Å².